The van der Waals surface area contributed by atoms with Crippen molar-refractivity contribution in [1.29, 1.82) is 0 Å². The maximum absolute atomic E-state index is 5.20. The summed E-state index contributed by atoms with van der Waals surface area (Å²) in [5, 5.41) is 4.97. The monoisotopic (exact) mass is 641 g/mol. The summed E-state index contributed by atoms with van der Waals surface area (Å²) in [4.78, 5) is 24.7. The average Bonchev–Trinajstić information content (AvgIpc) is 3.93. The Morgan fingerprint density at radius 2 is 1.12 bits per heavy atom. The summed E-state index contributed by atoms with van der Waals surface area (Å²) in [7, 11) is 4.47. The SMILES string of the molecule is CN1CCN(C)CCN(c2cccc3cc4cccc(-c5c6nc(cc7ccc(cc8nc(cc9ccc5[nH]9)C=C8)[nH]7)C=C6)c4cc23)CC1. The Morgan fingerprint density at radius 1 is 0.531 bits per heavy atom. The van der Waals surface area contributed by atoms with Gasteiger partial charge in [0.05, 0.1) is 22.8 Å². The smallest absolute Gasteiger partial charge is 0.0737 e. The van der Waals surface area contributed by atoms with E-state index in [0.717, 1.165) is 95.2 Å². The zero-order chi connectivity index (χ0) is 32.9. The number of anilines is 1. The van der Waals surface area contributed by atoms with Crippen molar-refractivity contribution in [3.63, 3.8) is 0 Å². The molecule has 7 heteroatoms. The van der Waals surface area contributed by atoms with Crippen LogP contribution in [0.1, 0.15) is 22.8 Å². The van der Waals surface area contributed by atoms with Crippen molar-refractivity contribution in [3.05, 3.63) is 114 Å². The molecule has 3 aliphatic rings. The zero-order valence-electron chi connectivity index (χ0n) is 27.9. The molecule has 0 radical (unpaired) electrons. The molecule has 242 valence electrons. The summed E-state index contributed by atoms with van der Waals surface area (Å²) in [6, 6.07) is 32.9. The van der Waals surface area contributed by atoms with Gasteiger partial charge in [0.25, 0.3) is 0 Å². The molecule has 2 N–H and O–H groups in total. The Morgan fingerprint density at radius 3 is 1.86 bits per heavy atom. The van der Waals surface area contributed by atoms with Crippen LogP contribution in [-0.2, 0) is 0 Å². The van der Waals surface area contributed by atoms with Crippen molar-refractivity contribution < 1.29 is 0 Å². The molecule has 6 heterocycles. The van der Waals surface area contributed by atoms with Gasteiger partial charge in [-0.15, -0.1) is 0 Å². The van der Waals surface area contributed by atoms with Gasteiger partial charge in [-0.05, 0) is 121 Å². The molecule has 0 saturated carbocycles. The highest BCUT2D eigenvalue weighted by Crippen LogP contribution is 2.38. The van der Waals surface area contributed by atoms with E-state index in [-0.39, 0.29) is 0 Å². The molecule has 8 bridgehead atoms. The number of nitrogens with one attached hydrogen (secondary N) is 2. The molecule has 0 spiro atoms. The van der Waals surface area contributed by atoms with Gasteiger partial charge in [-0.25, -0.2) is 9.97 Å². The fraction of sp³-hybridized carbons (Fsp3) is 0.190. The third kappa shape index (κ3) is 5.81. The second-order valence-electron chi connectivity index (χ2n) is 13.5. The average molecular weight is 642 g/mol. The van der Waals surface area contributed by atoms with E-state index in [0.29, 0.717) is 0 Å². The summed E-state index contributed by atoms with van der Waals surface area (Å²) in [5.41, 5.74) is 11.3. The molecule has 9 rings (SSSR count). The fourth-order valence-electron chi connectivity index (χ4n) is 7.32. The van der Waals surface area contributed by atoms with Crippen LogP contribution in [-0.4, -0.2) is 83.1 Å². The highest BCUT2D eigenvalue weighted by Gasteiger charge is 2.18. The molecule has 1 fully saturated rings. The molecule has 0 atom stereocenters. The minimum Gasteiger partial charge on any atom is -0.368 e. The predicted molar refractivity (Wildman–Crippen MR) is 207 cm³/mol. The standard InChI is InChI=1S/C42H39N7/c1-47-17-18-48(2)20-22-49(21-19-47)41-8-4-6-29-23-28-5-3-7-36(37(28)27-38(29)41)42-39-15-13-34(45-39)25-32-11-9-30(43-32)24-31-10-12-33(44-31)26-35-14-16-40(42)46-35/h3-16,23-27,43,46H,17-22H2,1-2H3. The zero-order valence-corrected chi connectivity index (χ0v) is 27.9. The lowest BCUT2D eigenvalue weighted by atomic mass is 9.94. The molecule has 6 aromatic rings. The second-order valence-corrected chi connectivity index (χ2v) is 13.5. The second kappa shape index (κ2) is 12.2. The van der Waals surface area contributed by atoms with Crippen molar-refractivity contribution in [2.75, 3.05) is 58.3 Å². The molecule has 0 aliphatic carbocycles. The fourth-order valence-corrected chi connectivity index (χ4v) is 7.32. The van der Waals surface area contributed by atoms with E-state index in [9.17, 15) is 0 Å². The number of likely N-dealkylation sites (N-methyl/N-ethyl adjacent to an activating group) is 2. The molecular formula is C42H39N7. The molecule has 3 aromatic heterocycles. The van der Waals surface area contributed by atoms with Crippen molar-refractivity contribution in [2.45, 2.75) is 0 Å². The van der Waals surface area contributed by atoms with Crippen LogP contribution in [0.15, 0.2) is 91.0 Å². The van der Waals surface area contributed by atoms with Crippen LogP contribution in [0.3, 0.4) is 0 Å². The number of fused-ring (bicyclic) bond motifs is 10. The van der Waals surface area contributed by atoms with E-state index in [4.69, 9.17) is 9.97 Å². The maximum atomic E-state index is 5.20. The minimum absolute atomic E-state index is 0.913. The molecule has 1 saturated heterocycles. The van der Waals surface area contributed by atoms with Gasteiger partial charge in [0.1, 0.15) is 0 Å². The maximum Gasteiger partial charge on any atom is 0.0737 e. The van der Waals surface area contributed by atoms with Crippen molar-refractivity contribution in [3.8, 4) is 11.1 Å². The van der Waals surface area contributed by atoms with Gasteiger partial charge in [0, 0.05) is 78.0 Å². The van der Waals surface area contributed by atoms with Crippen LogP contribution < -0.4 is 4.90 Å². The third-order valence-electron chi connectivity index (χ3n) is 10.1. The number of hydrogen-bond acceptors (Lipinski definition) is 5. The van der Waals surface area contributed by atoms with E-state index in [1.165, 1.54) is 27.2 Å². The number of H-pyrrole nitrogens is 2. The Balaban J connectivity index is 1.28. The van der Waals surface area contributed by atoms with Crippen molar-refractivity contribution in [1.82, 2.24) is 29.7 Å². The predicted octanol–water partition coefficient (Wildman–Crippen LogP) is 8.31. The topological polar surface area (TPSA) is 67.1 Å². The van der Waals surface area contributed by atoms with Gasteiger partial charge in [-0.1, -0.05) is 30.3 Å². The molecule has 3 aromatic carbocycles. The van der Waals surface area contributed by atoms with Crippen LogP contribution in [0.2, 0.25) is 0 Å². The van der Waals surface area contributed by atoms with E-state index in [1.807, 2.05) is 0 Å². The summed E-state index contributed by atoms with van der Waals surface area (Å²) >= 11 is 0. The summed E-state index contributed by atoms with van der Waals surface area (Å²) in [5.74, 6) is 0. The van der Waals surface area contributed by atoms with Crippen LogP contribution >= 0.6 is 0 Å². The first-order chi connectivity index (χ1) is 24.0. The number of aromatic amines is 2. The number of aromatic nitrogens is 4. The Labute approximate surface area is 285 Å². The van der Waals surface area contributed by atoms with Gasteiger partial charge in [0.2, 0.25) is 0 Å². The molecule has 0 amide bonds. The van der Waals surface area contributed by atoms with Gasteiger partial charge >= 0.3 is 0 Å². The first kappa shape index (κ1) is 29.6. The Bertz CT molecular complexity index is 2450. The first-order valence-electron chi connectivity index (χ1n) is 17.2. The number of nitrogens with zero attached hydrogens (tertiary/aromatic N) is 5. The summed E-state index contributed by atoms with van der Waals surface area (Å²) in [6.07, 6.45) is 8.37. The highest BCUT2D eigenvalue weighted by molar-refractivity contribution is 6.10. The van der Waals surface area contributed by atoms with E-state index >= 15 is 0 Å². The van der Waals surface area contributed by atoms with E-state index in [1.54, 1.807) is 0 Å². The summed E-state index contributed by atoms with van der Waals surface area (Å²) in [6.45, 7) is 6.26. The van der Waals surface area contributed by atoms with E-state index in [2.05, 4.69) is 154 Å². The molecular weight excluding hydrogens is 603 g/mol. The van der Waals surface area contributed by atoms with E-state index < -0.39 is 0 Å². The Kier molecular flexibility index (Phi) is 7.37. The number of hydrogen-bond donors (Lipinski definition) is 2. The minimum atomic E-state index is 0.913. The van der Waals surface area contributed by atoms with Crippen LogP contribution in [0.25, 0.3) is 79.0 Å². The van der Waals surface area contributed by atoms with Crippen LogP contribution in [0.5, 0.6) is 0 Å². The van der Waals surface area contributed by atoms with Crippen molar-refractivity contribution in [2.24, 2.45) is 0 Å². The number of benzene rings is 3. The van der Waals surface area contributed by atoms with Crippen LogP contribution in [0.4, 0.5) is 5.69 Å². The molecule has 3 aliphatic heterocycles. The first-order valence-corrected chi connectivity index (χ1v) is 17.2. The van der Waals surface area contributed by atoms with Crippen molar-refractivity contribution >= 4 is 73.6 Å². The largest absolute Gasteiger partial charge is 0.368 e. The lowest BCUT2D eigenvalue weighted by Crippen LogP contribution is -2.34. The van der Waals surface area contributed by atoms with Gasteiger partial charge < -0.3 is 24.7 Å². The van der Waals surface area contributed by atoms with Crippen LogP contribution in [0, 0.1) is 0 Å². The Hall–Kier alpha value is -5.50. The van der Waals surface area contributed by atoms with Gasteiger partial charge in [-0.2, -0.15) is 0 Å². The molecule has 49 heavy (non-hydrogen) atoms. The lowest BCUT2D eigenvalue weighted by Gasteiger charge is -2.28. The highest BCUT2D eigenvalue weighted by atomic mass is 15.2. The molecule has 0 unspecified atom stereocenters. The quantitative estimate of drug-likeness (QED) is 0.186. The normalized spacial score (nSPS) is 15.9. The number of rotatable bonds is 2. The van der Waals surface area contributed by atoms with Gasteiger partial charge in [-0.3, -0.25) is 0 Å². The summed E-state index contributed by atoms with van der Waals surface area (Å²) < 4.78 is 0. The van der Waals surface area contributed by atoms with Gasteiger partial charge in [0.15, 0.2) is 0 Å². The third-order valence-corrected chi connectivity index (χ3v) is 10.1. The lowest BCUT2D eigenvalue weighted by molar-refractivity contribution is 0.277. The molecule has 7 nitrogen and oxygen atoms in total.